The SMILES string of the molecule is Cc1noc(C(C)Cc2cc(-c3nnc(C(C)C)s3)ccn2)c1C. The van der Waals surface area contributed by atoms with Gasteiger partial charge in [-0.3, -0.25) is 4.98 Å². The van der Waals surface area contributed by atoms with Crippen molar-refractivity contribution in [1.29, 1.82) is 0 Å². The van der Waals surface area contributed by atoms with Gasteiger partial charge >= 0.3 is 0 Å². The highest BCUT2D eigenvalue weighted by molar-refractivity contribution is 7.14. The van der Waals surface area contributed by atoms with Gasteiger partial charge in [-0.2, -0.15) is 0 Å². The van der Waals surface area contributed by atoms with Gasteiger partial charge in [0.2, 0.25) is 0 Å². The zero-order valence-corrected chi connectivity index (χ0v) is 15.5. The monoisotopic (exact) mass is 342 g/mol. The third kappa shape index (κ3) is 3.38. The average molecular weight is 342 g/mol. The van der Waals surface area contributed by atoms with Crippen LogP contribution in [0.1, 0.15) is 60.3 Å². The summed E-state index contributed by atoms with van der Waals surface area (Å²) in [5.74, 6) is 1.57. The standard InChI is InChI=1S/C18H22N4OS/c1-10(2)17-20-21-18(24-17)14-6-7-19-15(9-14)8-11(3)16-12(4)13(5)22-23-16/h6-7,9-11H,8H2,1-5H3. The number of rotatable bonds is 5. The zero-order chi connectivity index (χ0) is 17.3. The van der Waals surface area contributed by atoms with Crippen molar-refractivity contribution in [3.8, 4) is 10.6 Å². The summed E-state index contributed by atoms with van der Waals surface area (Å²) >= 11 is 1.65. The Morgan fingerprint density at radius 3 is 2.58 bits per heavy atom. The molecule has 3 rings (SSSR count). The molecule has 0 amide bonds. The van der Waals surface area contributed by atoms with Gasteiger partial charge in [0.1, 0.15) is 15.8 Å². The van der Waals surface area contributed by atoms with E-state index in [1.807, 2.05) is 19.2 Å². The van der Waals surface area contributed by atoms with Gasteiger partial charge < -0.3 is 4.52 Å². The van der Waals surface area contributed by atoms with E-state index in [1.54, 1.807) is 11.3 Å². The maximum absolute atomic E-state index is 5.48. The van der Waals surface area contributed by atoms with Crippen LogP contribution in [0.4, 0.5) is 0 Å². The number of aryl methyl sites for hydroxylation is 1. The van der Waals surface area contributed by atoms with Crippen molar-refractivity contribution in [3.05, 3.63) is 46.0 Å². The van der Waals surface area contributed by atoms with Gasteiger partial charge in [0.25, 0.3) is 0 Å². The van der Waals surface area contributed by atoms with Crippen molar-refractivity contribution in [1.82, 2.24) is 20.3 Å². The first kappa shape index (κ1) is 16.8. The second-order valence-electron chi connectivity index (χ2n) is 6.50. The topological polar surface area (TPSA) is 64.7 Å². The molecule has 3 aromatic rings. The van der Waals surface area contributed by atoms with E-state index in [9.17, 15) is 0 Å². The minimum absolute atomic E-state index is 0.231. The molecule has 0 N–H and O–H groups in total. The highest BCUT2D eigenvalue weighted by atomic mass is 32.1. The largest absolute Gasteiger partial charge is 0.361 e. The number of aromatic nitrogens is 4. The fourth-order valence-corrected chi connectivity index (χ4v) is 3.45. The van der Waals surface area contributed by atoms with E-state index in [4.69, 9.17) is 4.52 Å². The molecule has 0 bridgehead atoms. The highest BCUT2D eigenvalue weighted by Gasteiger charge is 2.18. The molecule has 0 saturated heterocycles. The zero-order valence-electron chi connectivity index (χ0n) is 14.7. The lowest BCUT2D eigenvalue weighted by Gasteiger charge is -2.09. The van der Waals surface area contributed by atoms with E-state index >= 15 is 0 Å². The van der Waals surface area contributed by atoms with Crippen LogP contribution in [0.15, 0.2) is 22.9 Å². The number of nitrogens with zero attached hydrogens (tertiary/aromatic N) is 4. The predicted octanol–water partition coefficient (Wildman–Crippen LogP) is 4.67. The normalized spacial score (nSPS) is 12.8. The Kier molecular flexibility index (Phi) is 4.76. The first-order valence-electron chi connectivity index (χ1n) is 8.17. The quantitative estimate of drug-likeness (QED) is 0.674. The van der Waals surface area contributed by atoms with E-state index in [-0.39, 0.29) is 5.92 Å². The third-order valence-electron chi connectivity index (χ3n) is 4.15. The fourth-order valence-electron chi connectivity index (χ4n) is 2.61. The van der Waals surface area contributed by atoms with Crippen LogP contribution in [-0.2, 0) is 6.42 Å². The van der Waals surface area contributed by atoms with Crippen LogP contribution in [0.2, 0.25) is 0 Å². The molecule has 0 fully saturated rings. The smallest absolute Gasteiger partial charge is 0.147 e. The maximum atomic E-state index is 5.48. The Balaban J connectivity index is 1.81. The molecule has 126 valence electrons. The van der Waals surface area contributed by atoms with E-state index in [0.717, 1.165) is 44.7 Å². The molecule has 0 aliphatic heterocycles. The summed E-state index contributed by atoms with van der Waals surface area (Å²) < 4.78 is 5.48. The lowest BCUT2D eigenvalue weighted by atomic mass is 9.98. The summed E-state index contributed by atoms with van der Waals surface area (Å²) in [5.41, 5.74) is 4.18. The molecule has 3 aromatic heterocycles. The number of pyridine rings is 1. The molecular formula is C18H22N4OS. The van der Waals surface area contributed by atoms with Crippen LogP contribution in [0.25, 0.3) is 10.6 Å². The lowest BCUT2D eigenvalue weighted by Crippen LogP contribution is -2.01. The third-order valence-corrected chi connectivity index (χ3v) is 5.43. The number of hydrogen-bond acceptors (Lipinski definition) is 6. The molecule has 1 atom stereocenters. The van der Waals surface area contributed by atoms with Crippen LogP contribution in [0.3, 0.4) is 0 Å². The van der Waals surface area contributed by atoms with Gasteiger partial charge in [-0.15, -0.1) is 10.2 Å². The van der Waals surface area contributed by atoms with Gasteiger partial charge in [0.15, 0.2) is 0 Å². The molecule has 24 heavy (non-hydrogen) atoms. The van der Waals surface area contributed by atoms with Crippen molar-refractivity contribution < 1.29 is 4.52 Å². The molecule has 6 heteroatoms. The Morgan fingerprint density at radius 1 is 1.17 bits per heavy atom. The Morgan fingerprint density at radius 2 is 1.96 bits per heavy atom. The second-order valence-corrected chi connectivity index (χ2v) is 7.51. The summed E-state index contributed by atoms with van der Waals surface area (Å²) in [6, 6.07) is 4.09. The van der Waals surface area contributed by atoms with Gasteiger partial charge in [-0.25, -0.2) is 0 Å². The lowest BCUT2D eigenvalue weighted by molar-refractivity contribution is 0.360. The van der Waals surface area contributed by atoms with E-state index in [0.29, 0.717) is 5.92 Å². The molecule has 3 heterocycles. The van der Waals surface area contributed by atoms with Crippen molar-refractivity contribution in [2.45, 2.75) is 52.9 Å². The van der Waals surface area contributed by atoms with Gasteiger partial charge in [0.05, 0.1) is 5.69 Å². The molecule has 0 spiro atoms. The van der Waals surface area contributed by atoms with E-state index in [1.165, 1.54) is 0 Å². The summed E-state index contributed by atoms with van der Waals surface area (Å²) in [6.45, 7) is 10.4. The second kappa shape index (κ2) is 6.81. The van der Waals surface area contributed by atoms with Crippen molar-refractivity contribution in [2.75, 3.05) is 0 Å². The Bertz CT molecular complexity index is 837. The van der Waals surface area contributed by atoms with Crippen molar-refractivity contribution in [2.24, 2.45) is 0 Å². The fraction of sp³-hybridized carbons (Fsp3) is 0.444. The van der Waals surface area contributed by atoms with E-state index < -0.39 is 0 Å². The predicted molar refractivity (Wildman–Crippen MR) is 95.3 cm³/mol. The van der Waals surface area contributed by atoms with Crippen molar-refractivity contribution in [3.63, 3.8) is 0 Å². The van der Waals surface area contributed by atoms with Crippen LogP contribution in [0, 0.1) is 13.8 Å². The molecule has 0 aromatic carbocycles. The summed E-state index contributed by atoms with van der Waals surface area (Å²) in [6.07, 6.45) is 2.64. The van der Waals surface area contributed by atoms with Crippen LogP contribution in [-0.4, -0.2) is 20.3 Å². The van der Waals surface area contributed by atoms with E-state index in [2.05, 4.69) is 54.1 Å². The van der Waals surface area contributed by atoms with Gasteiger partial charge in [-0.1, -0.05) is 37.3 Å². The summed E-state index contributed by atoms with van der Waals surface area (Å²) in [4.78, 5) is 4.50. The first-order chi connectivity index (χ1) is 11.5. The Hall–Kier alpha value is -2.08. The molecule has 0 aliphatic carbocycles. The molecule has 0 aliphatic rings. The molecular weight excluding hydrogens is 320 g/mol. The van der Waals surface area contributed by atoms with Gasteiger partial charge in [-0.05, 0) is 32.4 Å². The molecule has 0 saturated carbocycles. The average Bonchev–Trinajstić information content (AvgIpc) is 3.16. The molecule has 0 radical (unpaired) electrons. The highest BCUT2D eigenvalue weighted by Crippen LogP contribution is 2.29. The molecule has 1 unspecified atom stereocenters. The first-order valence-corrected chi connectivity index (χ1v) is 8.98. The molecule has 5 nitrogen and oxygen atoms in total. The summed E-state index contributed by atoms with van der Waals surface area (Å²) in [5, 5.41) is 14.6. The summed E-state index contributed by atoms with van der Waals surface area (Å²) in [7, 11) is 0. The van der Waals surface area contributed by atoms with Crippen LogP contribution < -0.4 is 0 Å². The van der Waals surface area contributed by atoms with Crippen LogP contribution >= 0.6 is 11.3 Å². The minimum Gasteiger partial charge on any atom is -0.361 e. The number of hydrogen-bond donors (Lipinski definition) is 0. The Labute approximate surface area is 146 Å². The van der Waals surface area contributed by atoms with Crippen molar-refractivity contribution >= 4 is 11.3 Å². The maximum Gasteiger partial charge on any atom is 0.147 e. The van der Waals surface area contributed by atoms with Crippen LogP contribution in [0.5, 0.6) is 0 Å². The minimum atomic E-state index is 0.231. The van der Waals surface area contributed by atoms with Gasteiger partial charge in [0, 0.05) is 34.9 Å².